The molecule has 0 aliphatic carbocycles. The van der Waals surface area contributed by atoms with E-state index >= 15 is 0 Å². The quantitative estimate of drug-likeness (QED) is 0.663. The van der Waals surface area contributed by atoms with Crippen molar-refractivity contribution < 1.29 is 4.74 Å². The highest BCUT2D eigenvalue weighted by Crippen LogP contribution is 2.17. The van der Waals surface area contributed by atoms with Gasteiger partial charge in [-0.1, -0.05) is 23.7 Å². The van der Waals surface area contributed by atoms with Crippen molar-refractivity contribution >= 4 is 11.6 Å². The largest absolute Gasteiger partial charge is 0.380 e. The van der Waals surface area contributed by atoms with E-state index in [-0.39, 0.29) is 0 Å². The van der Waals surface area contributed by atoms with E-state index in [1.807, 2.05) is 25.1 Å². The molecule has 0 bridgehead atoms. The van der Waals surface area contributed by atoms with Crippen LogP contribution >= 0.6 is 11.6 Å². The van der Waals surface area contributed by atoms with E-state index in [0.717, 1.165) is 10.6 Å². The zero-order valence-corrected chi connectivity index (χ0v) is 7.48. The zero-order chi connectivity index (χ0) is 8.27. The number of hydrogen-bond acceptors (Lipinski definition) is 1. The van der Waals surface area contributed by atoms with Gasteiger partial charge in [0.1, 0.15) is 0 Å². The predicted octanol–water partition coefficient (Wildman–Crippen LogP) is 2.79. The van der Waals surface area contributed by atoms with Crippen molar-refractivity contribution in [2.24, 2.45) is 0 Å². The van der Waals surface area contributed by atoms with Crippen LogP contribution in [0.5, 0.6) is 0 Å². The van der Waals surface area contributed by atoms with Crippen molar-refractivity contribution in [1.82, 2.24) is 0 Å². The van der Waals surface area contributed by atoms with E-state index in [0.29, 0.717) is 6.61 Å². The minimum absolute atomic E-state index is 0.582. The fourth-order valence-electron chi connectivity index (χ4n) is 0.925. The highest BCUT2D eigenvalue weighted by molar-refractivity contribution is 6.31. The smallest absolute Gasteiger partial charge is 0.0727 e. The summed E-state index contributed by atoms with van der Waals surface area (Å²) in [4.78, 5) is 0. The normalized spacial score (nSPS) is 10.1. The van der Waals surface area contributed by atoms with Gasteiger partial charge in [0.2, 0.25) is 0 Å². The van der Waals surface area contributed by atoms with Gasteiger partial charge in [-0.3, -0.25) is 0 Å². The Labute approximate surface area is 71.9 Å². The Bertz CT molecular complexity index is 245. The van der Waals surface area contributed by atoms with Gasteiger partial charge >= 0.3 is 0 Å². The summed E-state index contributed by atoms with van der Waals surface area (Å²) in [7, 11) is 1.66. The second kappa shape index (κ2) is 3.74. The summed E-state index contributed by atoms with van der Waals surface area (Å²) in [6.45, 7) is 2.60. The van der Waals surface area contributed by atoms with E-state index in [1.54, 1.807) is 7.11 Å². The number of ether oxygens (including phenoxy) is 1. The van der Waals surface area contributed by atoms with Crippen molar-refractivity contribution in [3.8, 4) is 0 Å². The van der Waals surface area contributed by atoms with Gasteiger partial charge in [-0.25, -0.2) is 0 Å². The van der Waals surface area contributed by atoms with Crippen LogP contribution in [0.25, 0.3) is 0 Å². The summed E-state index contributed by atoms with van der Waals surface area (Å²) in [6, 6.07) is 5.96. The maximum Gasteiger partial charge on any atom is 0.0727 e. The lowest BCUT2D eigenvalue weighted by Crippen LogP contribution is -1.88. The van der Waals surface area contributed by atoms with Gasteiger partial charge in [-0.2, -0.15) is 0 Å². The summed E-state index contributed by atoms with van der Waals surface area (Å²) < 4.78 is 4.96. The van der Waals surface area contributed by atoms with Gasteiger partial charge in [0.25, 0.3) is 0 Å². The number of benzene rings is 1. The second-order valence-corrected chi connectivity index (χ2v) is 2.94. The molecule has 0 aliphatic rings. The molecule has 1 aromatic rings. The van der Waals surface area contributed by atoms with Crippen molar-refractivity contribution in [3.63, 3.8) is 0 Å². The average molecular weight is 171 g/mol. The first kappa shape index (κ1) is 8.57. The molecule has 1 rings (SSSR count). The molecule has 0 saturated heterocycles. The maximum atomic E-state index is 5.93. The van der Waals surface area contributed by atoms with Crippen molar-refractivity contribution in [2.75, 3.05) is 7.11 Å². The topological polar surface area (TPSA) is 9.23 Å². The van der Waals surface area contributed by atoms with Gasteiger partial charge in [-0.15, -0.1) is 0 Å². The van der Waals surface area contributed by atoms with Crippen LogP contribution in [-0.4, -0.2) is 7.11 Å². The van der Waals surface area contributed by atoms with Crippen LogP contribution < -0.4 is 0 Å². The summed E-state index contributed by atoms with van der Waals surface area (Å²) >= 11 is 5.93. The molecule has 0 atom stereocenters. The predicted molar refractivity (Wildman–Crippen MR) is 46.9 cm³/mol. The summed E-state index contributed by atoms with van der Waals surface area (Å²) in [5.41, 5.74) is 2.22. The van der Waals surface area contributed by atoms with Crippen LogP contribution in [0, 0.1) is 6.92 Å². The molecule has 11 heavy (non-hydrogen) atoms. The molecular formula is C9H11ClO. The molecule has 0 aliphatic heterocycles. The Morgan fingerprint density at radius 1 is 1.45 bits per heavy atom. The Morgan fingerprint density at radius 2 is 2.18 bits per heavy atom. The van der Waals surface area contributed by atoms with Crippen LogP contribution in [0.15, 0.2) is 18.2 Å². The van der Waals surface area contributed by atoms with Gasteiger partial charge in [-0.05, 0) is 24.1 Å². The van der Waals surface area contributed by atoms with Crippen molar-refractivity contribution in [1.29, 1.82) is 0 Å². The minimum atomic E-state index is 0.582. The minimum Gasteiger partial charge on any atom is -0.380 e. The van der Waals surface area contributed by atoms with Crippen molar-refractivity contribution in [2.45, 2.75) is 13.5 Å². The maximum absolute atomic E-state index is 5.93. The SMILES string of the molecule is COCc1ccc(C)cc1Cl. The fraction of sp³-hybridized carbons (Fsp3) is 0.333. The Balaban J connectivity index is 2.90. The highest BCUT2D eigenvalue weighted by Gasteiger charge is 1.97. The first-order valence-corrected chi connectivity index (χ1v) is 3.86. The number of halogens is 1. The number of aryl methyl sites for hydroxylation is 1. The molecule has 0 spiro atoms. The molecule has 0 radical (unpaired) electrons. The van der Waals surface area contributed by atoms with E-state index in [9.17, 15) is 0 Å². The molecule has 1 nitrogen and oxygen atoms in total. The summed E-state index contributed by atoms with van der Waals surface area (Å²) in [5.74, 6) is 0. The lowest BCUT2D eigenvalue weighted by Gasteiger charge is -2.02. The average Bonchev–Trinajstić information content (AvgIpc) is 1.95. The molecule has 0 fully saturated rings. The van der Waals surface area contributed by atoms with Gasteiger partial charge < -0.3 is 4.74 Å². The second-order valence-electron chi connectivity index (χ2n) is 2.53. The van der Waals surface area contributed by atoms with Crippen LogP contribution in [0.2, 0.25) is 5.02 Å². The lowest BCUT2D eigenvalue weighted by molar-refractivity contribution is 0.185. The lowest BCUT2D eigenvalue weighted by atomic mass is 10.2. The standard InChI is InChI=1S/C9H11ClO/c1-7-3-4-8(6-11-2)9(10)5-7/h3-5H,6H2,1-2H3. The van der Waals surface area contributed by atoms with Crippen LogP contribution in [0.3, 0.4) is 0 Å². The molecule has 0 aromatic heterocycles. The summed E-state index contributed by atoms with van der Waals surface area (Å²) in [6.07, 6.45) is 0. The third-order valence-corrected chi connectivity index (χ3v) is 1.86. The monoisotopic (exact) mass is 170 g/mol. The van der Waals surface area contributed by atoms with E-state index in [1.165, 1.54) is 5.56 Å². The van der Waals surface area contributed by atoms with E-state index in [4.69, 9.17) is 16.3 Å². The van der Waals surface area contributed by atoms with Gasteiger partial charge in [0, 0.05) is 12.1 Å². The first-order chi connectivity index (χ1) is 5.24. The number of methoxy groups -OCH3 is 1. The molecule has 0 heterocycles. The van der Waals surface area contributed by atoms with Crippen LogP contribution in [-0.2, 0) is 11.3 Å². The number of hydrogen-bond donors (Lipinski definition) is 0. The number of rotatable bonds is 2. The molecule has 0 unspecified atom stereocenters. The van der Waals surface area contributed by atoms with Gasteiger partial charge in [0.05, 0.1) is 6.61 Å². The Kier molecular flexibility index (Phi) is 2.92. The van der Waals surface area contributed by atoms with Crippen molar-refractivity contribution in [3.05, 3.63) is 34.3 Å². The molecular weight excluding hydrogens is 160 g/mol. The third kappa shape index (κ3) is 2.21. The molecule has 1 aromatic carbocycles. The zero-order valence-electron chi connectivity index (χ0n) is 6.73. The molecule has 2 heteroatoms. The Morgan fingerprint density at radius 3 is 2.73 bits per heavy atom. The highest BCUT2D eigenvalue weighted by atomic mass is 35.5. The van der Waals surface area contributed by atoms with E-state index in [2.05, 4.69) is 0 Å². The van der Waals surface area contributed by atoms with E-state index < -0.39 is 0 Å². The molecule has 0 saturated carbocycles. The Hall–Kier alpha value is -0.530. The molecule has 0 amide bonds. The molecule has 0 N–H and O–H groups in total. The van der Waals surface area contributed by atoms with Crippen LogP contribution in [0.4, 0.5) is 0 Å². The molecule has 60 valence electrons. The van der Waals surface area contributed by atoms with Crippen LogP contribution in [0.1, 0.15) is 11.1 Å². The third-order valence-electron chi connectivity index (χ3n) is 1.51. The summed E-state index contributed by atoms with van der Waals surface area (Å²) in [5, 5.41) is 0.784. The fourth-order valence-corrected chi connectivity index (χ4v) is 1.21. The van der Waals surface area contributed by atoms with Gasteiger partial charge in [0.15, 0.2) is 0 Å². The first-order valence-electron chi connectivity index (χ1n) is 3.48.